The van der Waals surface area contributed by atoms with E-state index in [2.05, 4.69) is 15.4 Å². The molecule has 1 heterocycles. The predicted octanol–water partition coefficient (Wildman–Crippen LogP) is 2.43. The highest BCUT2D eigenvalue weighted by Gasteiger charge is 2.35. The number of rotatable bonds is 4. The molecule has 1 aliphatic rings. The van der Waals surface area contributed by atoms with E-state index in [4.69, 9.17) is 4.74 Å². The molecule has 0 saturated heterocycles. The Labute approximate surface area is 135 Å². The fourth-order valence-corrected chi connectivity index (χ4v) is 2.26. The minimum atomic E-state index is -4.64. The Kier molecular flexibility index (Phi) is 5.01. The van der Waals surface area contributed by atoms with E-state index in [1.807, 2.05) is 0 Å². The van der Waals surface area contributed by atoms with Gasteiger partial charge in [-0.25, -0.2) is 9.59 Å². The van der Waals surface area contributed by atoms with Crippen LogP contribution in [0.1, 0.15) is 18.5 Å². The molecule has 2 rings (SSSR count). The van der Waals surface area contributed by atoms with E-state index in [-0.39, 0.29) is 11.3 Å². The Morgan fingerprint density at radius 3 is 2.67 bits per heavy atom. The Morgan fingerprint density at radius 1 is 1.33 bits per heavy atom. The maximum Gasteiger partial charge on any atom is 0.422 e. The SMILES string of the molecule is COc1cccc(C2NC(=O)NC(C)=C2C(=O)OCC(F)(F)F)c1. The summed E-state index contributed by atoms with van der Waals surface area (Å²) in [6.07, 6.45) is -4.64. The third kappa shape index (κ3) is 4.18. The topological polar surface area (TPSA) is 76.7 Å². The smallest absolute Gasteiger partial charge is 0.422 e. The number of carbonyl (C=O) groups excluding carboxylic acids is 2. The molecule has 2 N–H and O–H groups in total. The fourth-order valence-electron chi connectivity index (χ4n) is 2.26. The summed E-state index contributed by atoms with van der Waals surface area (Å²) >= 11 is 0. The van der Waals surface area contributed by atoms with E-state index in [9.17, 15) is 22.8 Å². The average molecular weight is 344 g/mol. The molecule has 0 fully saturated rings. The first-order chi connectivity index (χ1) is 11.2. The van der Waals surface area contributed by atoms with Gasteiger partial charge in [0.25, 0.3) is 0 Å². The lowest BCUT2D eigenvalue weighted by atomic mass is 9.95. The number of halogens is 3. The number of esters is 1. The molecule has 0 aliphatic carbocycles. The second-order valence-corrected chi connectivity index (χ2v) is 5.04. The highest BCUT2D eigenvalue weighted by atomic mass is 19.4. The van der Waals surface area contributed by atoms with Crippen molar-refractivity contribution in [3.8, 4) is 5.75 Å². The van der Waals surface area contributed by atoms with Crippen molar-refractivity contribution in [1.29, 1.82) is 0 Å². The van der Waals surface area contributed by atoms with E-state index in [1.165, 1.54) is 14.0 Å². The predicted molar refractivity (Wildman–Crippen MR) is 77.1 cm³/mol. The first kappa shape index (κ1) is 17.6. The van der Waals surface area contributed by atoms with Crippen LogP contribution in [0.3, 0.4) is 0 Å². The van der Waals surface area contributed by atoms with Crippen LogP contribution in [0, 0.1) is 0 Å². The molecule has 6 nitrogen and oxygen atoms in total. The summed E-state index contributed by atoms with van der Waals surface area (Å²) < 4.78 is 46.2. The number of hydrogen-bond acceptors (Lipinski definition) is 4. The molecule has 1 aromatic rings. The van der Waals surface area contributed by atoms with Gasteiger partial charge in [0.2, 0.25) is 0 Å². The van der Waals surface area contributed by atoms with Gasteiger partial charge in [0.15, 0.2) is 6.61 Å². The lowest BCUT2D eigenvalue weighted by Gasteiger charge is -2.28. The van der Waals surface area contributed by atoms with E-state index < -0.39 is 30.8 Å². The van der Waals surface area contributed by atoms with Crippen molar-refractivity contribution in [2.45, 2.75) is 19.1 Å². The maximum absolute atomic E-state index is 12.3. The minimum absolute atomic E-state index is 0.105. The normalized spacial score (nSPS) is 17.9. The first-order valence-electron chi connectivity index (χ1n) is 6.87. The third-order valence-corrected chi connectivity index (χ3v) is 3.28. The number of carbonyl (C=O) groups is 2. The van der Waals surface area contributed by atoms with Crippen molar-refractivity contribution >= 4 is 12.0 Å². The van der Waals surface area contributed by atoms with Crippen LogP contribution in [0.15, 0.2) is 35.5 Å². The molecule has 0 saturated carbocycles. The minimum Gasteiger partial charge on any atom is -0.497 e. The van der Waals surface area contributed by atoms with Crippen molar-refractivity contribution in [2.24, 2.45) is 0 Å². The summed E-state index contributed by atoms with van der Waals surface area (Å²) in [5, 5.41) is 4.85. The van der Waals surface area contributed by atoms with E-state index in [0.717, 1.165) is 0 Å². The van der Waals surface area contributed by atoms with Crippen LogP contribution in [-0.2, 0) is 9.53 Å². The molecule has 1 unspecified atom stereocenters. The molecule has 9 heteroatoms. The number of benzene rings is 1. The molecule has 0 bridgehead atoms. The molecule has 2 amide bonds. The van der Waals surface area contributed by atoms with Crippen molar-refractivity contribution in [3.05, 3.63) is 41.1 Å². The van der Waals surface area contributed by atoms with Gasteiger partial charge in [-0.15, -0.1) is 0 Å². The molecule has 1 atom stereocenters. The number of allylic oxidation sites excluding steroid dienone is 1. The summed E-state index contributed by atoms with van der Waals surface area (Å²) in [7, 11) is 1.44. The number of methoxy groups -OCH3 is 1. The molecule has 130 valence electrons. The van der Waals surface area contributed by atoms with Gasteiger partial charge in [0.1, 0.15) is 5.75 Å². The lowest BCUT2D eigenvalue weighted by molar-refractivity contribution is -0.183. The zero-order chi connectivity index (χ0) is 17.9. The van der Waals surface area contributed by atoms with Crippen molar-refractivity contribution in [2.75, 3.05) is 13.7 Å². The van der Waals surface area contributed by atoms with Gasteiger partial charge in [-0.2, -0.15) is 13.2 Å². The summed E-state index contributed by atoms with van der Waals surface area (Å²) in [5.74, 6) is -0.689. The van der Waals surface area contributed by atoms with Crippen molar-refractivity contribution in [3.63, 3.8) is 0 Å². The number of hydrogen-bond donors (Lipinski definition) is 2. The number of amides is 2. The zero-order valence-electron chi connectivity index (χ0n) is 12.9. The van der Waals surface area contributed by atoms with Crippen LogP contribution < -0.4 is 15.4 Å². The van der Waals surface area contributed by atoms with Gasteiger partial charge in [-0.05, 0) is 24.6 Å². The van der Waals surface area contributed by atoms with Gasteiger partial charge in [-0.1, -0.05) is 12.1 Å². The summed E-state index contributed by atoms with van der Waals surface area (Å²) in [5.41, 5.74) is 0.494. The lowest BCUT2D eigenvalue weighted by Crippen LogP contribution is -2.45. The number of urea groups is 1. The average Bonchev–Trinajstić information content (AvgIpc) is 2.51. The second-order valence-electron chi connectivity index (χ2n) is 5.04. The fraction of sp³-hybridized carbons (Fsp3) is 0.333. The van der Waals surface area contributed by atoms with Crippen LogP contribution in [-0.4, -0.2) is 31.9 Å². The van der Waals surface area contributed by atoms with Crippen molar-refractivity contribution < 1.29 is 32.2 Å². The molecule has 1 aromatic carbocycles. The highest BCUT2D eigenvalue weighted by molar-refractivity contribution is 5.95. The Hall–Kier alpha value is -2.71. The number of alkyl halides is 3. The molecule has 1 aliphatic heterocycles. The summed E-state index contributed by atoms with van der Waals surface area (Å²) in [6, 6.07) is 4.95. The van der Waals surface area contributed by atoms with Gasteiger partial charge >= 0.3 is 18.2 Å². The van der Waals surface area contributed by atoms with Gasteiger partial charge in [0, 0.05) is 5.70 Å². The monoisotopic (exact) mass is 344 g/mol. The van der Waals surface area contributed by atoms with Gasteiger partial charge < -0.3 is 20.1 Å². The molecular formula is C15H15F3N2O4. The van der Waals surface area contributed by atoms with E-state index in [1.54, 1.807) is 24.3 Å². The van der Waals surface area contributed by atoms with Crippen LogP contribution in [0.25, 0.3) is 0 Å². The molecule has 0 spiro atoms. The van der Waals surface area contributed by atoms with E-state index >= 15 is 0 Å². The Balaban J connectivity index is 2.34. The standard InChI is InChI=1S/C15H15F3N2O4/c1-8-11(13(21)24-7-15(16,17)18)12(20-14(22)19-8)9-4-3-5-10(6-9)23-2/h3-6,12H,7H2,1-2H3,(H2,19,20,22). The molecule has 0 radical (unpaired) electrons. The molecular weight excluding hydrogens is 329 g/mol. The zero-order valence-corrected chi connectivity index (χ0v) is 12.9. The molecule has 24 heavy (non-hydrogen) atoms. The number of nitrogens with one attached hydrogen (secondary N) is 2. The largest absolute Gasteiger partial charge is 0.497 e. The van der Waals surface area contributed by atoms with Crippen LogP contribution in [0.5, 0.6) is 5.75 Å². The summed E-state index contributed by atoms with van der Waals surface area (Å²) in [4.78, 5) is 23.8. The van der Waals surface area contributed by atoms with Crippen LogP contribution >= 0.6 is 0 Å². The van der Waals surface area contributed by atoms with Crippen LogP contribution in [0.2, 0.25) is 0 Å². The Morgan fingerprint density at radius 2 is 2.04 bits per heavy atom. The van der Waals surface area contributed by atoms with E-state index in [0.29, 0.717) is 11.3 Å². The van der Waals surface area contributed by atoms with Gasteiger partial charge in [0.05, 0.1) is 18.7 Å². The summed E-state index contributed by atoms with van der Waals surface area (Å²) in [6.45, 7) is -0.294. The quantitative estimate of drug-likeness (QED) is 0.823. The number of ether oxygens (including phenoxy) is 2. The van der Waals surface area contributed by atoms with Crippen molar-refractivity contribution in [1.82, 2.24) is 10.6 Å². The Bertz CT molecular complexity index is 686. The highest BCUT2D eigenvalue weighted by Crippen LogP contribution is 2.30. The third-order valence-electron chi connectivity index (χ3n) is 3.28. The van der Waals surface area contributed by atoms with Gasteiger partial charge in [-0.3, -0.25) is 0 Å². The second kappa shape index (κ2) is 6.81. The molecule has 0 aromatic heterocycles. The van der Waals surface area contributed by atoms with Crippen LogP contribution in [0.4, 0.5) is 18.0 Å². The first-order valence-corrected chi connectivity index (χ1v) is 6.87. The maximum atomic E-state index is 12.3.